The van der Waals surface area contributed by atoms with Crippen LogP contribution in [0.1, 0.15) is 36.8 Å². The number of rotatable bonds is 1. The quantitative estimate of drug-likeness (QED) is 0.583. The molecule has 1 aromatic heterocycles. The molecule has 0 N–H and O–H groups in total. The third kappa shape index (κ3) is 2.78. The second-order valence-electron chi connectivity index (χ2n) is 4.28. The fraction of sp³-hybridized carbons (Fsp3) is 0.455. The molecule has 0 bridgehead atoms. The first-order valence-corrected chi connectivity index (χ1v) is 5.41. The van der Waals surface area contributed by atoms with Gasteiger partial charge in [-0.1, -0.05) is 20.8 Å². The maximum atomic E-state index is 11.3. The van der Waals surface area contributed by atoms with Crippen molar-refractivity contribution in [2.75, 3.05) is 7.11 Å². The molecule has 0 saturated carbocycles. The molecule has 0 aliphatic rings. The highest BCUT2D eigenvalue weighted by atomic mass is 79.9. The molecule has 0 aromatic carbocycles. The Bertz CT molecular complexity index is 383. The predicted octanol–water partition coefficient (Wildman–Crippen LogP) is 2.93. The van der Waals surface area contributed by atoms with Gasteiger partial charge in [-0.05, 0) is 28.1 Å². The van der Waals surface area contributed by atoms with Crippen LogP contribution in [0.5, 0.6) is 0 Å². The number of nitrogens with zero attached hydrogens (tertiary/aromatic N) is 1. The van der Waals surface area contributed by atoms with E-state index in [4.69, 9.17) is 0 Å². The molecule has 1 rings (SSSR count). The van der Waals surface area contributed by atoms with Crippen LogP contribution in [0.3, 0.4) is 0 Å². The van der Waals surface area contributed by atoms with Gasteiger partial charge in [0.05, 0.1) is 12.7 Å². The van der Waals surface area contributed by atoms with Crippen molar-refractivity contribution in [3.05, 3.63) is 28.0 Å². The zero-order chi connectivity index (χ0) is 11.6. The number of esters is 1. The molecule has 0 spiro atoms. The van der Waals surface area contributed by atoms with Crippen molar-refractivity contribution in [1.29, 1.82) is 0 Å². The number of carbonyl (C=O) groups excluding carboxylic acids is 1. The molecule has 3 nitrogen and oxygen atoms in total. The van der Waals surface area contributed by atoms with E-state index in [1.54, 1.807) is 6.07 Å². The van der Waals surface area contributed by atoms with E-state index in [0.29, 0.717) is 10.2 Å². The molecule has 4 heteroatoms. The maximum absolute atomic E-state index is 11.3. The second-order valence-corrected chi connectivity index (χ2v) is 5.03. The van der Waals surface area contributed by atoms with Crippen LogP contribution in [0.15, 0.2) is 16.7 Å². The van der Waals surface area contributed by atoms with Gasteiger partial charge in [0, 0.05) is 11.1 Å². The minimum Gasteiger partial charge on any atom is -0.465 e. The summed E-state index contributed by atoms with van der Waals surface area (Å²) in [6, 6.07) is 3.57. The van der Waals surface area contributed by atoms with E-state index in [-0.39, 0.29) is 11.4 Å². The lowest BCUT2D eigenvalue weighted by molar-refractivity contribution is 0.0599. The van der Waals surface area contributed by atoms with Gasteiger partial charge in [-0.2, -0.15) is 0 Å². The highest BCUT2D eigenvalue weighted by Gasteiger charge is 2.18. The number of carbonyl (C=O) groups is 1. The summed E-state index contributed by atoms with van der Waals surface area (Å²) in [5, 5.41) is 0. The molecule has 0 unspecified atom stereocenters. The van der Waals surface area contributed by atoms with Gasteiger partial charge in [-0.3, -0.25) is 0 Å². The molecule has 0 radical (unpaired) electrons. The summed E-state index contributed by atoms with van der Waals surface area (Å²) in [7, 11) is 1.35. The monoisotopic (exact) mass is 271 g/mol. The molecule has 0 aliphatic heterocycles. The van der Waals surface area contributed by atoms with Gasteiger partial charge in [0.2, 0.25) is 0 Å². The van der Waals surface area contributed by atoms with Crippen LogP contribution < -0.4 is 0 Å². The Balaban J connectivity index is 3.15. The van der Waals surface area contributed by atoms with Crippen LogP contribution in [0.25, 0.3) is 0 Å². The number of halogens is 1. The molecule has 15 heavy (non-hydrogen) atoms. The van der Waals surface area contributed by atoms with Crippen LogP contribution in [-0.4, -0.2) is 18.1 Å². The summed E-state index contributed by atoms with van der Waals surface area (Å²) in [6.07, 6.45) is 0. The summed E-state index contributed by atoms with van der Waals surface area (Å²) in [4.78, 5) is 15.6. The Morgan fingerprint density at radius 3 is 2.40 bits per heavy atom. The van der Waals surface area contributed by atoms with E-state index in [1.165, 1.54) is 7.11 Å². The zero-order valence-electron chi connectivity index (χ0n) is 9.30. The van der Waals surface area contributed by atoms with E-state index in [9.17, 15) is 4.79 Å². The predicted molar refractivity (Wildman–Crippen MR) is 62.0 cm³/mol. The third-order valence-electron chi connectivity index (χ3n) is 2.02. The largest absolute Gasteiger partial charge is 0.465 e. The Morgan fingerprint density at radius 2 is 2.00 bits per heavy atom. The Kier molecular flexibility index (Phi) is 3.50. The molecule has 0 saturated heterocycles. The van der Waals surface area contributed by atoms with Crippen LogP contribution in [-0.2, 0) is 10.2 Å². The van der Waals surface area contributed by atoms with Gasteiger partial charge in [0.25, 0.3) is 0 Å². The summed E-state index contributed by atoms with van der Waals surface area (Å²) in [5.41, 5.74) is 1.35. The molecule has 82 valence electrons. The second kappa shape index (κ2) is 4.31. The first-order chi connectivity index (χ1) is 6.86. The number of aromatic nitrogens is 1. The van der Waals surface area contributed by atoms with Gasteiger partial charge in [0.1, 0.15) is 4.60 Å². The topological polar surface area (TPSA) is 39.2 Å². The minimum absolute atomic E-state index is 0.0306. The Hall–Kier alpha value is -0.900. The number of hydrogen-bond donors (Lipinski definition) is 0. The lowest BCUT2D eigenvalue weighted by Crippen LogP contribution is -2.15. The Labute approximate surface area is 98.0 Å². The van der Waals surface area contributed by atoms with Crippen LogP contribution in [0.2, 0.25) is 0 Å². The van der Waals surface area contributed by atoms with Gasteiger partial charge >= 0.3 is 5.97 Å². The average Bonchev–Trinajstić information content (AvgIpc) is 2.15. The standard InChI is InChI=1S/C11H14BrNO2/c1-11(2,3)8-6-5-7(9(12)13-8)10(14)15-4/h5-6H,1-4H3. The van der Waals surface area contributed by atoms with Crippen molar-refractivity contribution in [3.63, 3.8) is 0 Å². The van der Waals surface area contributed by atoms with Crippen molar-refractivity contribution in [1.82, 2.24) is 4.98 Å². The summed E-state index contributed by atoms with van der Waals surface area (Å²) in [5.74, 6) is -0.380. The fourth-order valence-electron chi connectivity index (χ4n) is 1.11. The molecule has 0 fully saturated rings. The van der Waals surface area contributed by atoms with E-state index in [2.05, 4.69) is 46.4 Å². The van der Waals surface area contributed by atoms with E-state index < -0.39 is 0 Å². The van der Waals surface area contributed by atoms with E-state index >= 15 is 0 Å². The normalized spacial score (nSPS) is 11.3. The van der Waals surface area contributed by atoms with Crippen molar-refractivity contribution in [3.8, 4) is 0 Å². The van der Waals surface area contributed by atoms with Crippen LogP contribution >= 0.6 is 15.9 Å². The molecular formula is C11H14BrNO2. The Morgan fingerprint density at radius 1 is 1.40 bits per heavy atom. The van der Waals surface area contributed by atoms with Gasteiger partial charge in [-0.15, -0.1) is 0 Å². The third-order valence-corrected chi connectivity index (χ3v) is 2.63. The van der Waals surface area contributed by atoms with Crippen LogP contribution in [0, 0.1) is 0 Å². The first kappa shape index (κ1) is 12.2. The minimum atomic E-state index is -0.380. The SMILES string of the molecule is COC(=O)c1ccc(C(C)(C)C)nc1Br. The highest BCUT2D eigenvalue weighted by Crippen LogP contribution is 2.24. The van der Waals surface area contributed by atoms with Crippen LogP contribution in [0.4, 0.5) is 0 Å². The molecule has 1 heterocycles. The van der Waals surface area contributed by atoms with Gasteiger partial charge in [-0.25, -0.2) is 9.78 Å². The molecule has 0 aliphatic carbocycles. The maximum Gasteiger partial charge on any atom is 0.340 e. The molecule has 1 aromatic rings. The molecular weight excluding hydrogens is 258 g/mol. The summed E-state index contributed by atoms with van der Waals surface area (Å²) < 4.78 is 5.16. The number of methoxy groups -OCH3 is 1. The highest BCUT2D eigenvalue weighted by molar-refractivity contribution is 9.10. The van der Waals surface area contributed by atoms with Crippen molar-refractivity contribution in [2.45, 2.75) is 26.2 Å². The summed E-state index contributed by atoms with van der Waals surface area (Å²) in [6.45, 7) is 6.21. The lowest BCUT2D eigenvalue weighted by Gasteiger charge is -2.18. The number of ether oxygens (including phenoxy) is 1. The van der Waals surface area contributed by atoms with Crippen molar-refractivity contribution < 1.29 is 9.53 Å². The van der Waals surface area contributed by atoms with E-state index in [0.717, 1.165) is 5.69 Å². The average molecular weight is 272 g/mol. The fourth-order valence-corrected chi connectivity index (χ4v) is 1.60. The first-order valence-electron chi connectivity index (χ1n) is 4.61. The van der Waals surface area contributed by atoms with Crippen molar-refractivity contribution >= 4 is 21.9 Å². The van der Waals surface area contributed by atoms with Gasteiger partial charge in [0.15, 0.2) is 0 Å². The lowest BCUT2D eigenvalue weighted by atomic mass is 9.91. The van der Waals surface area contributed by atoms with Crippen molar-refractivity contribution in [2.24, 2.45) is 0 Å². The molecule has 0 atom stereocenters. The smallest absolute Gasteiger partial charge is 0.340 e. The number of hydrogen-bond acceptors (Lipinski definition) is 3. The number of pyridine rings is 1. The summed E-state index contributed by atoms with van der Waals surface area (Å²) >= 11 is 3.27. The van der Waals surface area contributed by atoms with Gasteiger partial charge < -0.3 is 4.74 Å². The zero-order valence-corrected chi connectivity index (χ0v) is 10.9. The van der Waals surface area contributed by atoms with E-state index in [1.807, 2.05) is 6.07 Å². The molecule has 0 amide bonds.